The summed E-state index contributed by atoms with van der Waals surface area (Å²) < 4.78 is 0. The largest absolute Gasteiger partial charge is 0.396 e. The van der Waals surface area contributed by atoms with Crippen molar-refractivity contribution in [1.29, 1.82) is 5.26 Å². The fraction of sp³-hybridized carbons (Fsp3) is 0.429. The first-order valence-electron chi connectivity index (χ1n) is 6.01. The van der Waals surface area contributed by atoms with E-state index in [0.717, 1.165) is 0 Å². The second-order valence-electron chi connectivity index (χ2n) is 5.49. The Morgan fingerprint density at radius 3 is 2.79 bits per heavy atom. The zero-order valence-corrected chi connectivity index (χ0v) is 11.6. The van der Waals surface area contributed by atoms with Gasteiger partial charge in [0.05, 0.1) is 16.7 Å². The van der Waals surface area contributed by atoms with E-state index in [1.807, 2.05) is 13.8 Å². The van der Waals surface area contributed by atoms with Crippen LogP contribution in [0.1, 0.15) is 35.8 Å². The van der Waals surface area contributed by atoms with Gasteiger partial charge < -0.3 is 10.0 Å². The molecule has 1 aliphatic heterocycles. The first-order chi connectivity index (χ1) is 8.91. The summed E-state index contributed by atoms with van der Waals surface area (Å²) in [5.74, 6) is -0.242. The molecule has 1 heterocycles. The van der Waals surface area contributed by atoms with Gasteiger partial charge in [0, 0.05) is 24.1 Å². The molecular weight excluding hydrogens is 264 g/mol. The minimum Gasteiger partial charge on any atom is -0.396 e. The van der Waals surface area contributed by atoms with Gasteiger partial charge in [0.2, 0.25) is 0 Å². The predicted octanol–water partition coefficient (Wildman–Crippen LogP) is 2.38. The van der Waals surface area contributed by atoms with Crippen molar-refractivity contribution in [2.24, 2.45) is 5.41 Å². The quantitative estimate of drug-likeness (QED) is 0.923. The highest BCUT2D eigenvalue weighted by molar-refractivity contribution is 6.34. The molecule has 0 saturated heterocycles. The number of nitriles is 1. The van der Waals surface area contributed by atoms with Gasteiger partial charge in [-0.15, -0.1) is 0 Å². The molecule has 1 unspecified atom stereocenters. The third-order valence-electron chi connectivity index (χ3n) is 3.28. The summed E-state index contributed by atoms with van der Waals surface area (Å²) in [4.78, 5) is 13.9. The topological polar surface area (TPSA) is 64.3 Å². The number of nitrogens with zero attached hydrogens (tertiary/aromatic N) is 2. The van der Waals surface area contributed by atoms with Crippen molar-refractivity contribution < 1.29 is 9.90 Å². The van der Waals surface area contributed by atoms with E-state index in [1.54, 1.807) is 18.2 Å². The molecule has 19 heavy (non-hydrogen) atoms. The van der Waals surface area contributed by atoms with Gasteiger partial charge in [0.15, 0.2) is 0 Å². The second kappa shape index (κ2) is 4.84. The van der Waals surface area contributed by atoms with Crippen LogP contribution in [0.4, 0.5) is 0 Å². The maximum Gasteiger partial charge on any atom is 0.257 e. The molecular formula is C14H15ClN2O2. The molecule has 0 bridgehead atoms. The number of carbonyl (C=O) groups is 1. The molecule has 0 saturated carbocycles. The van der Waals surface area contributed by atoms with Gasteiger partial charge in [-0.1, -0.05) is 37.6 Å². The van der Waals surface area contributed by atoms with Crippen molar-refractivity contribution in [2.75, 3.05) is 13.2 Å². The SMILES string of the molecule is CC(C)(CO)CN1C(=O)c2c(Cl)cccc2C1C#N. The Morgan fingerprint density at radius 2 is 2.21 bits per heavy atom. The van der Waals surface area contributed by atoms with Gasteiger partial charge in [-0.2, -0.15) is 5.26 Å². The Kier molecular flexibility index (Phi) is 3.53. The summed E-state index contributed by atoms with van der Waals surface area (Å²) in [6, 6.07) is 6.64. The number of fused-ring (bicyclic) bond motifs is 1. The van der Waals surface area contributed by atoms with E-state index >= 15 is 0 Å². The molecule has 2 rings (SSSR count). The van der Waals surface area contributed by atoms with Crippen molar-refractivity contribution >= 4 is 17.5 Å². The Balaban J connectivity index is 2.43. The molecule has 1 N–H and O–H groups in total. The second-order valence-corrected chi connectivity index (χ2v) is 5.90. The van der Waals surface area contributed by atoms with Gasteiger partial charge in [0.25, 0.3) is 5.91 Å². The predicted molar refractivity (Wildman–Crippen MR) is 71.7 cm³/mol. The van der Waals surface area contributed by atoms with Crippen LogP contribution in [-0.2, 0) is 0 Å². The molecule has 1 atom stereocenters. The molecule has 100 valence electrons. The number of amides is 1. The summed E-state index contributed by atoms with van der Waals surface area (Å²) in [6.07, 6.45) is 0. The van der Waals surface area contributed by atoms with Crippen LogP contribution >= 0.6 is 11.6 Å². The molecule has 1 aromatic carbocycles. The number of hydrogen-bond donors (Lipinski definition) is 1. The van der Waals surface area contributed by atoms with Crippen LogP contribution in [0, 0.1) is 16.7 Å². The maximum atomic E-state index is 12.4. The van der Waals surface area contributed by atoms with Crippen LogP contribution in [0.5, 0.6) is 0 Å². The summed E-state index contributed by atoms with van der Waals surface area (Å²) >= 11 is 6.05. The number of aliphatic hydroxyl groups is 1. The number of benzene rings is 1. The van der Waals surface area contributed by atoms with Crippen molar-refractivity contribution in [1.82, 2.24) is 4.90 Å². The van der Waals surface area contributed by atoms with Gasteiger partial charge in [-0.3, -0.25) is 4.79 Å². The molecule has 0 spiro atoms. The Morgan fingerprint density at radius 1 is 1.53 bits per heavy atom. The van der Waals surface area contributed by atoms with Crippen molar-refractivity contribution in [3.05, 3.63) is 34.3 Å². The fourth-order valence-electron chi connectivity index (χ4n) is 2.24. The molecule has 0 aliphatic carbocycles. The molecule has 4 nitrogen and oxygen atoms in total. The Hall–Kier alpha value is -1.57. The average molecular weight is 279 g/mol. The number of halogens is 1. The van der Waals surface area contributed by atoms with Crippen LogP contribution < -0.4 is 0 Å². The molecule has 0 fully saturated rings. The van der Waals surface area contributed by atoms with Gasteiger partial charge >= 0.3 is 0 Å². The Labute approximate surface area is 117 Å². The van der Waals surface area contributed by atoms with E-state index < -0.39 is 11.5 Å². The number of hydrogen-bond acceptors (Lipinski definition) is 3. The van der Waals surface area contributed by atoms with E-state index in [0.29, 0.717) is 22.7 Å². The zero-order chi connectivity index (χ0) is 14.2. The monoisotopic (exact) mass is 278 g/mol. The van der Waals surface area contributed by atoms with E-state index in [2.05, 4.69) is 6.07 Å². The van der Waals surface area contributed by atoms with E-state index in [4.69, 9.17) is 11.6 Å². The summed E-state index contributed by atoms with van der Waals surface area (Å²) in [5.41, 5.74) is 0.595. The standard InChI is InChI=1S/C14H15ClN2O2/c1-14(2,8-18)7-17-11(6-16)9-4-3-5-10(15)12(9)13(17)19/h3-5,11,18H,7-8H2,1-2H3. The van der Waals surface area contributed by atoms with Crippen LogP contribution in [-0.4, -0.2) is 29.1 Å². The summed E-state index contributed by atoms with van der Waals surface area (Å²) in [6.45, 7) is 3.95. The van der Waals surface area contributed by atoms with Gasteiger partial charge in [0.1, 0.15) is 6.04 Å². The zero-order valence-electron chi connectivity index (χ0n) is 10.9. The van der Waals surface area contributed by atoms with Crippen molar-refractivity contribution in [3.63, 3.8) is 0 Å². The summed E-state index contributed by atoms with van der Waals surface area (Å²) in [5, 5.41) is 19.0. The van der Waals surface area contributed by atoms with Crippen LogP contribution in [0.15, 0.2) is 18.2 Å². The first-order valence-corrected chi connectivity index (χ1v) is 6.39. The fourth-order valence-corrected chi connectivity index (χ4v) is 2.50. The molecule has 0 radical (unpaired) electrons. The molecule has 1 aliphatic rings. The lowest BCUT2D eigenvalue weighted by molar-refractivity contribution is 0.0591. The van der Waals surface area contributed by atoms with Gasteiger partial charge in [-0.25, -0.2) is 0 Å². The van der Waals surface area contributed by atoms with Crippen LogP contribution in [0.3, 0.4) is 0 Å². The lowest BCUT2D eigenvalue weighted by Gasteiger charge is -2.30. The first kappa shape index (κ1) is 13.9. The summed E-state index contributed by atoms with van der Waals surface area (Å²) in [7, 11) is 0. The van der Waals surface area contributed by atoms with Crippen molar-refractivity contribution in [3.8, 4) is 6.07 Å². The minimum absolute atomic E-state index is 0.0565. The highest BCUT2D eigenvalue weighted by Crippen LogP contribution is 2.38. The molecule has 5 heteroatoms. The molecule has 1 aromatic rings. The average Bonchev–Trinajstić information content (AvgIpc) is 2.63. The lowest BCUT2D eigenvalue weighted by atomic mass is 9.93. The number of carbonyl (C=O) groups excluding carboxylic acids is 1. The smallest absolute Gasteiger partial charge is 0.257 e. The van der Waals surface area contributed by atoms with Gasteiger partial charge in [-0.05, 0) is 6.07 Å². The highest BCUT2D eigenvalue weighted by atomic mass is 35.5. The normalized spacial score (nSPS) is 18.4. The Bertz CT molecular complexity index is 563. The molecule has 0 aromatic heterocycles. The minimum atomic E-state index is -0.632. The van der Waals surface area contributed by atoms with E-state index in [1.165, 1.54) is 4.90 Å². The molecule has 1 amide bonds. The lowest BCUT2D eigenvalue weighted by Crippen LogP contribution is -2.38. The van der Waals surface area contributed by atoms with E-state index in [-0.39, 0.29) is 12.5 Å². The number of rotatable bonds is 3. The maximum absolute atomic E-state index is 12.4. The highest BCUT2D eigenvalue weighted by Gasteiger charge is 2.40. The van der Waals surface area contributed by atoms with Crippen molar-refractivity contribution in [2.45, 2.75) is 19.9 Å². The van der Waals surface area contributed by atoms with Crippen LogP contribution in [0.2, 0.25) is 5.02 Å². The van der Waals surface area contributed by atoms with Crippen LogP contribution in [0.25, 0.3) is 0 Å². The third-order valence-corrected chi connectivity index (χ3v) is 3.59. The third kappa shape index (κ3) is 2.32. The van der Waals surface area contributed by atoms with E-state index in [9.17, 15) is 15.2 Å². The number of aliphatic hydroxyl groups excluding tert-OH is 1.